The zero-order valence-electron chi connectivity index (χ0n) is 15.6. The van der Waals surface area contributed by atoms with Crippen molar-refractivity contribution in [3.63, 3.8) is 0 Å². The number of nitrogens with zero attached hydrogens (tertiary/aromatic N) is 4. The lowest BCUT2D eigenvalue weighted by atomic mass is 10.1. The molecule has 1 N–H and O–H groups in total. The van der Waals surface area contributed by atoms with Gasteiger partial charge in [0.25, 0.3) is 10.0 Å². The standard InChI is InChI=1S/C17H21N5O4S/c1-11-12(10-18-22(11)4)5-8-16(23)19-27(25,26)13-6-7-14-15(9-13)21(3)17(24)20(14)2/h6-7,9-10H,5,8H2,1-4H3,(H,19,23). The van der Waals surface area contributed by atoms with Crippen molar-refractivity contribution in [2.24, 2.45) is 21.1 Å². The number of fused-ring (bicyclic) bond motifs is 1. The van der Waals surface area contributed by atoms with Gasteiger partial charge in [-0.1, -0.05) is 0 Å². The van der Waals surface area contributed by atoms with E-state index in [0.717, 1.165) is 11.3 Å². The fourth-order valence-corrected chi connectivity index (χ4v) is 3.98. The van der Waals surface area contributed by atoms with E-state index in [1.54, 1.807) is 38.1 Å². The molecule has 10 heteroatoms. The van der Waals surface area contributed by atoms with Crippen LogP contribution in [-0.2, 0) is 42.4 Å². The lowest BCUT2D eigenvalue weighted by Crippen LogP contribution is -2.30. The Kier molecular flexibility index (Phi) is 4.68. The molecule has 0 spiro atoms. The summed E-state index contributed by atoms with van der Waals surface area (Å²) in [7, 11) is 0.954. The van der Waals surface area contributed by atoms with Gasteiger partial charge in [-0.15, -0.1) is 0 Å². The smallest absolute Gasteiger partial charge is 0.295 e. The van der Waals surface area contributed by atoms with Crippen molar-refractivity contribution in [3.05, 3.63) is 46.1 Å². The number of amides is 1. The molecule has 0 unspecified atom stereocenters. The van der Waals surface area contributed by atoms with E-state index < -0.39 is 15.9 Å². The number of aromatic nitrogens is 4. The Balaban J connectivity index is 1.79. The number of hydrogen-bond acceptors (Lipinski definition) is 5. The maximum Gasteiger partial charge on any atom is 0.328 e. The summed E-state index contributed by atoms with van der Waals surface area (Å²) in [6.07, 6.45) is 2.09. The number of carbonyl (C=O) groups is 1. The predicted octanol–water partition coefficient (Wildman–Crippen LogP) is 0.357. The molecule has 3 aromatic rings. The van der Waals surface area contributed by atoms with Crippen LogP contribution < -0.4 is 10.4 Å². The third kappa shape index (κ3) is 3.39. The first-order chi connectivity index (χ1) is 12.6. The van der Waals surface area contributed by atoms with E-state index in [9.17, 15) is 18.0 Å². The van der Waals surface area contributed by atoms with Crippen LogP contribution in [0.3, 0.4) is 0 Å². The summed E-state index contributed by atoms with van der Waals surface area (Å²) < 4.78 is 31.6. The quantitative estimate of drug-likeness (QED) is 0.675. The van der Waals surface area contributed by atoms with Gasteiger partial charge in [-0.3, -0.25) is 18.6 Å². The Morgan fingerprint density at radius 2 is 1.81 bits per heavy atom. The van der Waals surface area contributed by atoms with Crippen LogP contribution >= 0.6 is 0 Å². The van der Waals surface area contributed by atoms with Crippen molar-refractivity contribution >= 4 is 27.0 Å². The van der Waals surface area contributed by atoms with Crippen molar-refractivity contribution in [1.29, 1.82) is 0 Å². The molecule has 0 aliphatic rings. The topological polar surface area (TPSA) is 108 Å². The van der Waals surface area contributed by atoms with Crippen molar-refractivity contribution in [2.45, 2.75) is 24.7 Å². The SMILES string of the molecule is Cc1c(CCC(=O)NS(=O)(=O)c2ccc3c(c2)n(C)c(=O)n3C)cnn1C. The molecule has 0 saturated heterocycles. The maximum atomic E-state index is 12.5. The summed E-state index contributed by atoms with van der Waals surface area (Å²) in [5.74, 6) is -0.597. The van der Waals surface area contributed by atoms with Crippen LogP contribution in [0.25, 0.3) is 11.0 Å². The molecular formula is C17H21N5O4S. The monoisotopic (exact) mass is 391 g/mol. The number of hydrogen-bond donors (Lipinski definition) is 1. The highest BCUT2D eigenvalue weighted by atomic mass is 32.2. The summed E-state index contributed by atoms with van der Waals surface area (Å²) in [5.41, 5.74) is 2.66. The van der Waals surface area contributed by atoms with Gasteiger partial charge in [0.1, 0.15) is 0 Å². The lowest BCUT2D eigenvalue weighted by Gasteiger charge is -2.08. The number of sulfonamides is 1. The van der Waals surface area contributed by atoms with E-state index in [1.165, 1.54) is 21.3 Å². The van der Waals surface area contributed by atoms with E-state index in [4.69, 9.17) is 0 Å². The van der Waals surface area contributed by atoms with Gasteiger partial charge in [0, 0.05) is 33.3 Å². The van der Waals surface area contributed by atoms with E-state index >= 15 is 0 Å². The number of benzene rings is 1. The predicted molar refractivity (Wildman–Crippen MR) is 99.8 cm³/mol. The maximum absolute atomic E-state index is 12.5. The average Bonchev–Trinajstić information content (AvgIpc) is 3.05. The second-order valence-corrected chi connectivity index (χ2v) is 8.14. The number of rotatable bonds is 5. The Morgan fingerprint density at radius 1 is 1.15 bits per heavy atom. The van der Waals surface area contributed by atoms with Crippen LogP contribution in [0.15, 0.2) is 34.1 Å². The van der Waals surface area contributed by atoms with Crippen molar-refractivity contribution in [1.82, 2.24) is 23.6 Å². The summed E-state index contributed by atoms with van der Waals surface area (Å²) in [6, 6.07) is 4.31. The highest BCUT2D eigenvalue weighted by Gasteiger charge is 2.20. The first kappa shape index (κ1) is 18.9. The molecule has 0 fully saturated rings. The third-order valence-electron chi connectivity index (χ3n) is 4.76. The number of nitrogens with one attached hydrogen (secondary N) is 1. The molecule has 1 amide bonds. The normalized spacial score (nSPS) is 11.9. The zero-order chi connectivity index (χ0) is 19.9. The van der Waals surface area contributed by atoms with Gasteiger partial charge in [0.2, 0.25) is 5.91 Å². The fraction of sp³-hybridized carbons (Fsp3) is 0.353. The van der Waals surface area contributed by atoms with Gasteiger partial charge in [-0.05, 0) is 37.1 Å². The second kappa shape index (κ2) is 6.69. The Labute approximate surface area is 156 Å². The van der Waals surface area contributed by atoms with Gasteiger partial charge in [-0.2, -0.15) is 5.10 Å². The minimum absolute atomic E-state index is 0.0256. The molecule has 0 aliphatic heterocycles. The highest BCUT2D eigenvalue weighted by Crippen LogP contribution is 2.18. The molecule has 0 radical (unpaired) electrons. The van der Waals surface area contributed by atoms with E-state index in [0.29, 0.717) is 17.5 Å². The Hall–Kier alpha value is -2.88. The van der Waals surface area contributed by atoms with Crippen LogP contribution in [-0.4, -0.2) is 33.2 Å². The molecule has 0 saturated carbocycles. The van der Waals surface area contributed by atoms with Crippen LogP contribution in [0.1, 0.15) is 17.7 Å². The van der Waals surface area contributed by atoms with Gasteiger partial charge < -0.3 is 0 Å². The molecule has 0 atom stereocenters. The largest absolute Gasteiger partial charge is 0.328 e. The van der Waals surface area contributed by atoms with Crippen LogP contribution in [0.2, 0.25) is 0 Å². The van der Waals surface area contributed by atoms with Crippen molar-refractivity contribution in [2.75, 3.05) is 0 Å². The summed E-state index contributed by atoms with van der Waals surface area (Å²) in [5, 5.41) is 4.10. The van der Waals surface area contributed by atoms with Crippen molar-refractivity contribution < 1.29 is 13.2 Å². The molecule has 3 rings (SSSR count). The second-order valence-electron chi connectivity index (χ2n) is 6.46. The molecule has 27 heavy (non-hydrogen) atoms. The fourth-order valence-electron chi connectivity index (χ4n) is 2.95. The number of imidazole rings is 1. The summed E-state index contributed by atoms with van der Waals surface area (Å²) in [6.45, 7) is 1.89. The molecule has 1 aromatic carbocycles. The first-order valence-corrected chi connectivity index (χ1v) is 9.78. The van der Waals surface area contributed by atoms with E-state index in [1.807, 2.05) is 6.92 Å². The molecule has 0 bridgehead atoms. The minimum atomic E-state index is -4.03. The van der Waals surface area contributed by atoms with E-state index in [2.05, 4.69) is 9.82 Å². The van der Waals surface area contributed by atoms with Crippen LogP contribution in [0, 0.1) is 6.92 Å². The summed E-state index contributed by atoms with van der Waals surface area (Å²) >= 11 is 0. The highest BCUT2D eigenvalue weighted by molar-refractivity contribution is 7.90. The molecule has 0 aliphatic carbocycles. The average molecular weight is 391 g/mol. The van der Waals surface area contributed by atoms with Gasteiger partial charge in [0.05, 0.1) is 22.1 Å². The van der Waals surface area contributed by atoms with Crippen molar-refractivity contribution in [3.8, 4) is 0 Å². The Bertz CT molecular complexity index is 1200. The third-order valence-corrected chi connectivity index (χ3v) is 6.13. The van der Waals surface area contributed by atoms with Crippen LogP contribution in [0.4, 0.5) is 0 Å². The number of aryl methyl sites for hydroxylation is 4. The lowest BCUT2D eigenvalue weighted by molar-refractivity contribution is -0.119. The molecule has 9 nitrogen and oxygen atoms in total. The molecule has 2 heterocycles. The van der Waals surface area contributed by atoms with Gasteiger partial charge in [0.15, 0.2) is 0 Å². The van der Waals surface area contributed by atoms with Gasteiger partial charge in [-0.25, -0.2) is 17.9 Å². The van der Waals surface area contributed by atoms with Gasteiger partial charge >= 0.3 is 5.69 Å². The Morgan fingerprint density at radius 3 is 2.44 bits per heavy atom. The minimum Gasteiger partial charge on any atom is -0.295 e. The molecular weight excluding hydrogens is 370 g/mol. The number of carbonyl (C=O) groups excluding carboxylic acids is 1. The zero-order valence-corrected chi connectivity index (χ0v) is 16.4. The first-order valence-electron chi connectivity index (χ1n) is 8.30. The summed E-state index contributed by atoms with van der Waals surface area (Å²) in [4.78, 5) is 24.0. The van der Waals surface area contributed by atoms with E-state index in [-0.39, 0.29) is 17.0 Å². The molecule has 144 valence electrons. The molecule has 2 aromatic heterocycles. The van der Waals surface area contributed by atoms with Crippen LogP contribution in [0.5, 0.6) is 0 Å².